The van der Waals surface area contributed by atoms with Crippen molar-refractivity contribution in [3.8, 4) is 0 Å². The number of nitrogens with two attached hydrogens (primary N) is 1. The summed E-state index contributed by atoms with van der Waals surface area (Å²) in [6, 6.07) is 7.51. The van der Waals surface area contributed by atoms with Crippen LogP contribution in [-0.2, 0) is 19.6 Å². The lowest BCUT2D eigenvalue weighted by molar-refractivity contribution is -0.276. The number of hydrazine groups is 1. The van der Waals surface area contributed by atoms with Crippen LogP contribution in [0.25, 0.3) is 0 Å². The zero-order valence-electron chi connectivity index (χ0n) is 15.8. The molecular formula is C17H27N3O5S. The van der Waals surface area contributed by atoms with Gasteiger partial charge in [0.05, 0.1) is 12.0 Å². The quantitative estimate of drug-likeness (QED) is 0.482. The summed E-state index contributed by atoms with van der Waals surface area (Å²) in [6.45, 7) is 7.89. The fourth-order valence-corrected chi connectivity index (χ4v) is 4.72. The van der Waals surface area contributed by atoms with Crippen molar-refractivity contribution in [1.82, 2.24) is 9.48 Å². The minimum Gasteiger partial charge on any atom is -0.444 e. The van der Waals surface area contributed by atoms with Crippen LogP contribution in [0, 0.1) is 0 Å². The van der Waals surface area contributed by atoms with E-state index in [-0.39, 0.29) is 9.31 Å². The van der Waals surface area contributed by atoms with E-state index in [0.717, 1.165) is 0 Å². The van der Waals surface area contributed by atoms with Gasteiger partial charge in [-0.1, -0.05) is 18.2 Å². The Labute approximate surface area is 154 Å². The minimum atomic E-state index is -4.16. The van der Waals surface area contributed by atoms with E-state index in [1.165, 1.54) is 12.1 Å². The minimum absolute atomic E-state index is 0.0747. The molecule has 1 fully saturated rings. The molecule has 0 unspecified atom stereocenters. The first kappa shape index (κ1) is 20.6. The Morgan fingerprint density at radius 2 is 1.65 bits per heavy atom. The number of carbonyl (C=O) groups excluding carboxylic acids is 1. The number of carbonyl (C=O) groups is 1. The first-order chi connectivity index (χ1) is 11.9. The molecular weight excluding hydrogens is 358 g/mol. The largest absolute Gasteiger partial charge is 0.444 e. The van der Waals surface area contributed by atoms with Crippen LogP contribution in [0.5, 0.6) is 0 Å². The molecule has 1 saturated heterocycles. The summed E-state index contributed by atoms with van der Waals surface area (Å²) in [6.07, 6.45) is -0.628. The summed E-state index contributed by atoms with van der Waals surface area (Å²) in [5.74, 6) is 5.57. The number of hydrogen-bond donors (Lipinski definition) is 1. The number of piperidine rings is 1. The van der Waals surface area contributed by atoms with Gasteiger partial charge in [0.2, 0.25) is 0 Å². The van der Waals surface area contributed by atoms with Crippen LogP contribution in [0.2, 0.25) is 0 Å². The summed E-state index contributed by atoms with van der Waals surface area (Å²) < 4.78 is 30.5. The summed E-state index contributed by atoms with van der Waals surface area (Å²) >= 11 is 0. The van der Waals surface area contributed by atoms with Gasteiger partial charge in [-0.2, -0.15) is 13.5 Å². The Kier molecular flexibility index (Phi) is 5.67. The molecule has 1 aromatic carbocycles. The Balaban J connectivity index is 2.15. The van der Waals surface area contributed by atoms with E-state index in [2.05, 4.69) is 0 Å². The van der Waals surface area contributed by atoms with Crippen LogP contribution in [0.1, 0.15) is 40.5 Å². The van der Waals surface area contributed by atoms with Gasteiger partial charge in [0, 0.05) is 23.9 Å². The van der Waals surface area contributed by atoms with Crippen molar-refractivity contribution in [3.63, 3.8) is 0 Å². The Hall–Kier alpha value is -1.68. The fourth-order valence-electron chi connectivity index (χ4n) is 3.75. The van der Waals surface area contributed by atoms with Crippen LogP contribution in [-0.4, -0.2) is 48.3 Å². The van der Waals surface area contributed by atoms with Crippen LogP contribution in [0.15, 0.2) is 35.2 Å². The maximum atomic E-state index is 12.4. The number of hydroxylamine groups is 2. The summed E-state index contributed by atoms with van der Waals surface area (Å²) in [5, 5.41) is 1.87. The number of rotatable bonds is 4. The molecule has 0 radical (unpaired) electrons. The monoisotopic (exact) mass is 385 g/mol. The number of ether oxygens (including phenoxy) is 1. The van der Waals surface area contributed by atoms with E-state index in [4.69, 9.17) is 15.4 Å². The van der Waals surface area contributed by atoms with E-state index in [1.807, 2.05) is 32.8 Å². The summed E-state index contributed by atoms with van der Waals surface area (Å²) in [7, 11) is -2.56. The topological polar surface area (TPSA) is 102 Å². The average molecular weight is 385 g/mol. The molecule has 1 heterocycles. The predicted octanol–water partition coefficient (Wildman–Crippen LogP) is 2.27. The van der Waals surface area contributed by atoms with Gasteiger partial charge in [0.1, 0.15) is 6.10 Å². The predicted molar refractivity (Wildman–Crippen MR) is 96.2 cm³/mol. The molecule has 2 N–H and O–H groups in total. The molecule has 0 spiro atoms. The molecule has 2 rings (SSSR count). The van der Waals surface area contributed by atoms with E-state index in [1.54, 1.807) is 25.3 Å². The van der Waals surface area contributed by atoms with Crippen molar-refractivity contribution in [2.45, 2.75) is 62.6 Å². The third-order valence-electron chi connectivity index (χ3n) is 4.48. The van der Waals surface area contributed by atoms with Crippen LogP contribution < -0.4 is 5.84 Å². The molecule has 1 aromatic rings. The highest BCUT2D eigenvalue weighted by Crippen LogP contribution is 2.39. The smallest absolute Gasteiger partial charge is 0.439 e. The lowest BCUT2D eigenvalue weighted by atomic mass is 9.80. The van der Waals surface area contributed by atoms with Gasteiger partial charge in [0.25, 0.3) is 10.0 Å². The average Bonchev–Trinajstić information content (AvgIpc) is 2.52. The molecule has 0 saturated carbocycles. The number of benzene rings is 1. The zero-order valence-corrected chi connectivity index (χ0v) is 16.6. The van der Waals surface area contributed by atoms with Gasteiger partial charge < -0.3 is 9.57 Å². The van der Waals surface area contributed by atoms with E-state index in [9.17, 15) is 13.2 Å². The van der Waals surface area contributed by atoms with E-state index in [0.29, 0.717) is 12.8 Å². The van der Waals surface area contributed by atoms with Crippen LogP contribution >= 0.6 is 0 Å². The second-order valence-electron chi connectivity index (χ2n) is 7.63. The third kappa shape index (κ3) is 4.01. The summed E-state index contributed by atoms with van der Waals surface area (Å²) in [4.78, 5) is 17.8. The number of hydrogen-bond acceptors (Lipinski definition) is 7. The Bertz CT molecular complexity index is 731. The molecule has 0 atom stereocenters. The maximum absolute atomic E-state index is 12.4. The van der Waals surface area contributed by atoms with Crippen LogP contribution in [0.4, 0.5) is 4.79 Å². The van der Waals surface area contributed by atoms with Gasteiger partial charge in [0.15, 0.2) is 0 Å². The lowest BCUT2D eigenvalue weighted by Gasteiger charge is -2.52. The van der Waals surface area contributed by atoms with Crippen molar-refractivity contribution >= 4 is 16.1 Å². The second kappa shape index (κ2) is 7.15. The highest BCUT2D eigenvalue weighted by molar-refractivity contribution is 7.89. The Morgan fingerprint density at radius 3 is 2.12 bits per heavy atom. The van der Waals surface area contributed by atoms with E-state index < -0.39 is 33.3 Å². The summed E-state index contributed by atoms with van der Waals surface area (Å²) in [5.41, 5.74) is -0.807. The van der Waals surface area contributed by atoms with Gasteiger partial charge >= 0.3 is 6.09 Å². The second-order valence-corrected chi connectivity index (χ2v) is 9.44. The normalized spacial score (nSPS) is 20.5. The third-order valence-corrected chi connectivity index (χ3v) is 6.02. The lowest BCUT2D eigenvalue weighted by Crippen LogP contribution is -2.62. The van der Waals surface area contributed by atoms with Crippen LogP contribution in [0.3, 0.4) is 0 Å². The molecule has 0 aromatic heterocycles. The number of nitrogens with zero attached hydrogens (tertiary/aromatic N) is 2. The fraction of sp³-hybridized carbons (Fsp3) is 0.588. The number of sulfonamides is 1. The van der Waals surface area contributed by atoms with Crippen molar-refractivity contribution in [3.05, 3.63) is 30.3 Å². The highest BCUT2D eigenvalue weighted by atomic mass is 32.2. The molecule has 26 heavy (non-hydrogen) atoms. The molecule has 9 heteroatoms. The van der Waals surface area contributed by atoms with Crippen molar-refractivity contribution in [2.75, 3.05) is 7.11 Å². The van der Waals surface area contributed by atoms with E-state index >= 15 is 0 Å². The zero-order chi connectivity index (χ0) is 19.8. The Morgan fingerprint density at radius 1 is 1.15 bits per heavy atom. The molecule has 1 aliphatic heterocycles. The van der Waals surface area contributed by atoms with Crippen molar-refractivity contribution in [2.24, 2.45) is 5.84 Å². The maximum Gasteiger partial charge on any atom is 0.439 e. The molecule has 1 aliphatic rings. The highest BCUT2D eigenvalue weighted by Gasteiger charge is 2.48. The SMILES string of the molecule is CON1C(C)(C)CC(OC(=O)N(N)S(=O)(=O)c2ccccc2)CC1(C)C. The number of amides is 1. The molecule has 146 valence electrons. The van der Waals surface area contributed by atoms with Gasteiger partial charge in [-0.15, -0.1) is 4.41 Å². The van der Waals surface area contributed by atoms with Gasteiger partial charge in [-0.3, -0.25) is 0 Å². The van der Waals surface area contributed by atoms with Gasteiger partial charge in [-0.25, -0.2) is 10.6 Å². The van der Waals surface area contributed by atoms with Crippen molar-refractivity contribution < 1.29 is 22.8 Å². The van der Waals surface area contributed by atoms with Crippen molar-refractivity contribution in [1.29, 1.82) is 0 Å². The molecule has 0 aliphatic carbocycles. The van der Waals surface area contributed by atoms with Gasteiger partial charge in [-0.05, 0) is 39.8 Å². The first-order valence-electron chi connectivity index (χ1n) is 8.32. The molecule has 0 bridgehead atoms. The first-order valence-corrected chi connectivity index (χ1v) is 9.76. The molecule has 8 nitrogen and oxygen atoms in total. The molecule has 1 amide bonds. The standard InChI is InChI=1S/C17H27N3O5S/c1-16(2)11-13(12-17(3,4)20(16)24-5)25-15(21)19(18)26(22,23)14-9-7-6-8-10-14/h6-10,13H,11-12,18H2,1-5H3.